The molecular formula is C102H86N2. The molecule has 18 rings (SSSR count). The van der Waals surface area contributed by atoms with Gasteiger partial charge in [-0.05, 0) is 226 Å². The van der Waals surface area contributed by atoms with Crippen LogP contribution in [0.3, 0.4) is 0 Å². The van der Waals surface area contributed by atoms with Crippen LogP contribution in [0, 0.1) is 23.7 Å². The smallest absolute Gasteiger partial charge is 0.0994 e. The molecule has 1 heterocycles. The molecule has 0 radical (unpaired) electrons. The van der Waals surface area contributed by atoms with E-state index in [-0.39, 0.29) is 69.1 Å². The third-order valence-electron chi connectivity index (χ3n) is 23.5. The van der Waals surface area contributed by atoms with Crippen molar-refractivity contribution in [1.29, 1.82) is 5.26 Å². The third-order valence-corrected chi connectivity index (χ3v) is 23.5. The minimum absolute atomic E-state index is 0.0918. The zero-order valence-electron chi connectivity index (χ0n) is 66.4. The Hall–Kier alpha value is -11.3. The number of rotatable bonds is 7. The topological polar surface area (TPSA) is 28.7 Å². The molecule has 3 unspecified atom stereocenters. The van der Waals surface area contributed by atoms with Crippen LogP contribution in [-0.2, 0) is 21.7 Å². The number of benzene rings is 13. The lowest BCUT2D eigenvalue weighted by atomic mass is 9.59. The maximum atomic E-state index is 11.5. The Morgan fingerprint density at radius 2 is 0.769 bits per heavy atom. The number of para-hydroxylation sites is 2. The first-order valence-electron chi connectivity index (χ1n) is 39.4. The molecule has 104 heavy (non-hydrogen) atoms. The van der Waals surface area contributed by atoms with Gasteiger partial charge in [-0.3, -0.25) is 0 Å². The summed E-state index contributed by atoms with van der Waals surface area (Å²) in [7, 11) is 0. The first kappa shape index (κ1) is 59.3. The van der Waals surface area contributed by atoms with Gasteiger partial charge in [0.25, 0.3) is 0 Å². The molecule has 1 aromatic heterocycles. The van der Waals surface area contributed by atoms with Gasteiger partial charge in [0.2, 0.25) is 0 Å². The van der Waals surface area contributed by atoms with Gasteiger partial charge in [0.1, 0.15) is 0 Å². The van der Waals surface area contributed by atoms with E-state index >= 15 is 0 Å². The Morgan fingerprint density at radius 1 is 0.327 bits per heavy atom. The summed E-state index contributed by atoms with van der Waals surface area (Å²) in [6.07, 6.45) is 7.08. The van der Waals surface area contributed by atoms with Gasteiger partial charge in [-0.25, -0.2) is 0 Å². The van der Waals surface area contributed by atoms with E-state index in [1.165, 1.54) is 55.6 Å². The van der Waals surface area contributed by atoms with Gasteiger partial charge in [0.05, 0.1) is 29.5 Å². The zero-order chi connectivity index (χ0) is 76.0. The highest BCUT2D eigenvalue weighted by Gasteiger charge is 2.45. The third kappa shape index (κ3) is 10.3. The molecule has 3 atom stereocenters. The molecule has 504 valence electrons. The largest absolute Gasteiger partial charge is 0.309 e. The normalized spacial score (nSPS) is 16.6. The summed E-state index contributed by atoms with van der Waals surface area (Å²) >= 11 is 0. The second kappa shape index (κ2) is 23.6. The number of terminal acetylenes is 1. The van der Waals surface area contributed by atoms with E-state index in [9.17, 15) is 8.00 Å². The van der Waals surface area contributed by atoms with E-state index in [2.05, 4.69) is 324 Å². The molecule has 14 aromatic rings. The molecule has 4 aliphatic rings. The monoisotopic (exact) mass is 1340 g/mol. The second-order valence-electron chi connectivity index (χ2n) is 33.8. The first-order chi connectivity index (χ1) is 52.1. The van der Waals surface area contributed by atoms with Gasteiger partial charge < -0.3 is 4.57 Å². The van der Waals surface area contributed by atoms with E-state index in [0.717, 1.165) is 117 Å². The van der Waals surface area contributed by atoms with Crippen LogP contribution in [-0.4, -0.2) is 4.57 Å². The van der Waals surface area contributed by atoms with Crippen molar-refractivity contribution in [3.8, 4) is 68.6 Å². The zero-order valence-corrected chi connectivity index (χ0v) is 61.4. The van der Waals surface area contributed by atoms with Crippen molar-refractivity contribution in [2.45, 2.75) is 134 Å². The van der Waals surface area contributed by atoms with E-state index in [1.807, 2.05) is 12.1 Å². The van der Waals surface area contributed by atoms with Gasteiger partial charge in [-0.1, -0.05) is 301 Å². The summed E-state index contributed by atoms with van der Waals surface area (Å²) in [6, 6.07) is 89.0. The number of aromatic nitrogens is 1. The number of fused-ring (bicyclic) bond motifs is 13. The molecule has 0 aliphatic heterocycles. The summed E-state index contributed by atoms with van der Waals surface area (Å²) in [4.78, 5) is 0. The van der Waals surface area contributed by atoms with Gasteiger partial charge in [0, 0.05) is 51.6 Å². The van der Waals surface area contributed by atoms with Gasteiger partial charge in [-0.15, -0.1) is 6.42 Å². The fraction of sp³-hybridized carbons (Fsp3) is 0.206. The maximum Gasteiger partial charge on any atom is 0.0994 e. The molecule has 0 amide bonds. The molecule has 0 spiro atoms. The van der Waals surface area contributed by atoms with Crippen LogP contribution >= 0.6 is 0 Å². The van der Waals surface area contributed by atoms with E-state index in [4.69, 9.17) is 10.5 Å². The molecule has 0 saturated carbocycles. The Morgan fingerprint density at radius 3 is 1.34 bits per heavy atom. The Kier molecular flexibility index (Phi) is 13.5. The highest BCUT2D eigenvalue weighted by molar-refractivity contribution is 6.09. The second-order valence-corrected chi connectivity index (χ2v) is 33.8. The Bertz CT molecular complexity index is 6130. The number of nitriles is 1. The highest BCUT2D eigenvalue weighted by atomic mass is 15.0. The maximum absolute atomic E-state index is 11.5. The molecule has 2 heteroatoms. The number of hydrogen-bond donors (Lipinski definition) is 0. The Labute approximate surface area is 621 Å². The molecule has 0 fully saturated rings. The first-order valence-corrected chi connectivity index (χ1v) is 36.9. The van der Waals surface area contributed by atoms with Crippen LogP contribution in [0.1, 0.15) is 236 Å². The van der Waals surface area contributed by atoms with Gasteiger partial charge in [-0.2, -0.15) is 5.26 Å². The molecule has 0 N–H and O–H groups in total. The van der Waals surface area contributed by atoms with Crippen molar-refractivity contribution in [1.82, 2.24) is 4.57 Å². The predicted molar refractivity (Wildman–Crippen MR) is 433 cm³/mol. The standard InChI is InChI=1S/C102H86N2/c1-14-60-38-43-72(104-91-34-24-22-30-75(91)76-31-23-25-35-92(76)104)58-84(60)96-88-52-64(93-79-46-41-68(99(2,3)4)56-85(79)86-57-69(100(5,6)7)42-47-80(86)93)40-45-82(88)97-81-44-39-62(61-26-16-15-17-27-61)50-87(81)94(89-53-67(54-90(96)98(89)97)66-48-70(101(8,9)10)55-71(49-66)102(11,12)13)63-36-37-65(59-103)83(51-63)95-77-32-20-18-28-73(77)74-29-19-21-33-78(74)95/h1,15-58,93-97H,2-13H3/i15D,16D,17D,26D,27D. The van der Waals surface area contributed by atoms with E-state index < -0.39 is 17.9 Å². The van der Waals surface area contributed by atoms with Crippen molar-refractivity contribution in [3.63, 3.8) is 0 Å². The van der Waals surface area contributed by atoms with Crippen molar-refractivity contribution in [2.24, 2.45) is 0 Å². The van der Waals surface area contributed by atoms with Crippen LogP contribution in [0.4, 0.5) is 0 Å². The van der Waals surface area contributed by atoms with Crippen molar-refractivity contribution >= 4 is 21.8 Å². The molecule has 13 aromatic carbocycles. The van der Waals surface area contributed by atoms with Crippen molar-refractivity contribution in [3.05, 3.63) is 384 Å². The van der Waals surface area contributed by atoms with E-state index in [1.54, 1.807) is 0 Å². The fourth-order valence-electron chi connectivity index (χ4n) is 18.2. The lowest BCUT2D eigenvalue weighted by molar-refractivity contribution is 0.569. The van der Waals surface area contributed by atoms with Crippen LogP contribution in [0.5, 0.6) is 0 Å². The van der Waals surface area contributed by atoms with Gasteiger partial charge >= 0.3 is 0 Å². The van der Waals surface area contributed by atoms with Crippen molar-refractivity contribution < 1.29 is 6.85 Å². The molecule has 4 aliphatic carbocycles. The summed E-state index contributed by atoms with van der Waals surface area (Å²) in [5.74, 6) is 1.54. The lowest BCUT2D eigenvalue weighted by Gasteiger charge is -2.43. The van der Waals surface area contributed by atoms with Crippen LogP contribution in [0.2, 0.25) is 0 Å². The molecular weight excluding hydrogens is 1250 g/mol. The summed E-state index contributed by atoms with van der Waals surface area (Å²) in [5.41, 5.74) is 33.0. The van der Waals surface area contributed by atoms with Crippen molar-refractivity contribution in [2.75, 3.05) is 0 Å². The van der Waals surface area contributed by atoms with Gasteiger partial charge in [0.15, 0.2) is 0 Å². The average molecular weight is 1340 g/mol. The molecule has 0 saturated heterocycles. The SMILES string of the molecule is [2H]c1c([2H])c([2H])c(-c2ccc3c(c2)C(c2ccc(C#N)c(C4c5ccccc5-c5ccccc54)c2)c2cc(-c4cc(C(C)(C)C)cc(C(C)(C)C)c4)cc4c2C3c2ccc(C3c5ccc(C(C)(C)C)cc5-c5cc(C(C)(C)C)ccc53)cc2C4c2cc(-n3c4ccccc4c4ccccc43)ccc2C#C)c([2H])c1[2H]. The summed E-state index contributed by atoms with van der Waals surface area (Å²) < 4.78 is 48.6. The molecule has 0 bridgehead atoms. The highest BCUT2D eigenvalue weighted by Crippen LogP contribution is 2.61. The Balaban J connectivity index is 0.988. The lowest BCUT2D eigenvalue weighted by Crippen LogP contribution is -2.28. The van der Waals surface area contributed by atoms with Crippen LogP contribution in [0.25, 0.3) is 72.0 Å². The average Bonchev–Trinajstić information content (AvgIpc) is 1.23. The predicted octanol–water partition coefficient (Wildman–Crippen LogP) is 25.6. The van der Waals surface area contributed by atoms with Crippen LogP contribution in [0.15, 0.2) is 267 Å². The quantitative estimate of drug-likeness (QED) is 0.146. The summed E-state index contributed by atoms with van der Waals surface area (Å²) in [6.45, 7) is 27.6. The molecule has 2 nitrogen and oxygen atoms in total. The number of nitrogens with zero attached hydrogens (tertiary/aromatic N) is 2. The minimum Gasteiger partial charge on any atom is -0.309 e. The number of hydrogen-bond acceptors (Lipinski definition) is 1. The minimum atomic E-state index is -0.545. The fourth-order valence-corrected chi connectivity index (χ4v) is 18.2. The van der Waals surface area contributed by atoms with E-state index in [0.29, 0.717) is 11.1 Å². The summed E-state index contributed by atoms with van der Waals surface area (Å²) in [5, 5.41) is 13.8. The van der Waals surface area contributed by atoms with Crippen LogP contribution < -0.4 is 0 Å².